The highest BCUT2D eigenvalue weighted by atomic mass is 35.5. The molecule has 4 nitrogen and oxygen atoms in total. The van der Waals surface area contributed by atoms with Crippen molar-refractivity contribution in [2.75, 3.05) is 6.54 Å². The summed E-state index contributed by atoms with van der Waals surface area (Å²) in [4.78, 5) is 0. The van der Waals surface area contributed by atoms with Crippen molar-refractivity contribution in [1.82, 2.24) is 4.31 Å². The lowest BCUT2D eigenvalue weighted by molar-refractivity contribution is 0.132. The van der Waals surface area contributed by atoms with E-state index in [0.29, 0.717) is 17.3 Å². The van der Waals surface area contributed by atoms with Crippen LogP contribution in [0.1, 0.15) is 32.6 Å². The number of aliphatic hydroxyl groups excluding tert-OH is 1. The van der Waals surface area contributed by atoms with E-state index >= 15 is 0 Å². The number of piperidine rings is 1. The molecule has 19 heavy (non-hydrogen) atoms. The molecular formula is C12H18ClNO3S2. The molecule has 0 saturated carbocycles. The van der Waals surface area contributed by atoms with Gasteiger partial charge in [0.15, 0.2) is 0 Å². The minimum atomic E-state index is -3.48. The second-order valence-electron chi connectivity index (χ2n) is 4.91. The van der Waals surface area contributed by atoms with E-state index in [4.69, 9.17) is 11.6 Å². The van der Waals surface area contributed by atoms with Gasteiger partial charge < -0.3 is 5.11 Å². The third-order valence-corrected chi connectivity index (χ3v) is 6.95. The zero-order valence-electron chi connectivity index (χ0n) is 10.8. The van der Waals surface area contributed by atoms with E-state index in [0.717, 1.165) is 30.6 Å². The van der Waals surface area contributed by atoms with Gasteiger partial charge in [-0.15, -0.1) is 11.3 Å². The zero-order chi connectivity index (χ0) is 14.0. The summed E-state index contributed by atoms with van der Waals surface area (Å²) in [7, 11) is -3.48. The zero-order valence-corrected chi connectivity index (χ0v) is 13.1. The van der Waals surface area contributed by atoms with Crippen LogP contribution in [0.5, 0.6) is 0 Å². The van der Waals surface area contributed by atoms with Gasteiger partial charge in [-0.1, -0.05) is 18.0 Å². The van der Waals surface area contributed by atoms with E-state index in [1.165, 1.54) is 4.31 Å². The maximum atomic E-state index is 12.6. The lowest BCUT2D eigenvalue weighted by Crippen LogP contribution is -2.44. The van der Waals surface area contributed by atoms with Gasteiger partial charge >= 0.3 is 0 Å². The van der Waals surface area contributed by atoms with Crippen molar-refractivity contribution in [3.63, 3.8) is 0 Å². The number of halogens is 1. The van der Waals surface area contributed by atoms with Crippen molar-refractivity contribution in [1.29, 1.82) is 0 Å². The fourth-order valence-electron chi connectivity index (χ4n) is 2.47. The number of sulfonamides is 1. The van der Waals surface area contributed by atoms with Crippen LogP contribution in [0.4, 0.5) is 0 Å². The maximum Gasteiger partial charge on any atom is 0.252 e. The number of hydrogen-bond acceptors (Lipinski definition) is 4. The Balaban J connectivity index is 2.26. The summed E-state index contributed by atoms with van der Waals surface area (Å²) < 4.78 is 27.5. The van der Waals surface area contributed by atoms with Crippen LogP contribution in [0, 0.1) is 0 Å². The van der Waals surface area contributed by atoms with Gasteiger partial charge in [-0.05, 0) is 38.3 Å². The minimum Gasteiger partial charge on any atom is -0.393 e. The van der Waals surface area contributed by atoms with Crippen LogP contribution >= 0.6 is 22.9 Å². The highest BCUT2D eigenvalue weighted by molar-refractivity contribution is 7.91. The standard InChI is InChI=1S/C12H18ClNO3S2/c1-9(15)8-10-4-2-3-7-14(10)19(16,17)12-6-5-11(13)18-12/h5-6,9-10,15H,2-4,7-8H2,1H3. The molecule has 0 radical (unpaired) electrons. The normalized spacial score (nSPS) is 23.4. The van der Waals surface area contributed by atoms with Crippen LogP contribution in [-0.2, 0) is 10.0 Å². The molecule has 2 unspecified atom stereocenters. The quantitative estimate of drug-likeness (QED) is 0.927. The van der Waals surface area contributed by atoms with Crippen LogP contribution in [0.3, 0.4) is 0 Å². The third-order valence-electron chi connectivity index (χ3n) is 3.30. The number of rotatable bonds is 4. The molecule has 1 aromatic heterocycles. The number of nitrogens with zero attached hydrogens (tertiary/aromatic N) is 1. The first-order valence-electron chi connectivity index (χ1n) is 6.36. The molecular weight excluding hydrogens is 306 g/mol. The Bertz CT molecular complexity index is 527. The second-order valence-corrected chi connectivity index (χ2v) is 8.74. The van der Waals surface area contributed by atoms with Gasteiger partial charge in [-0.3, -0.25) is 0 Å². The maximum absolute atomic E-state index is 12.6. The van der Waals surface area contributed by atoms with Gasteiger partial charge in [-0.25, -0.2) is 8.42 Å². The molecule has 0 aromatic carbocycles. The van der Waals surface area contributed by atoms with E-state index in [-0.39, 0.29) is 10.3 Å². The Labute approximate surface area is 123 Å². The summed E-state index contributed by atoms with van der Waals surface area (Å²) in [5, 5.41) is 9.52. The van der Waals surface area contributed by atoms with Gasteiger partial charge in [-0.2, -0.15) is 4.31 Å². The van der Waals surface area contributed by atoms with E-state index in [1.807, 2.05) is 0 Å². The molecule has 1 N–H and O–H groups in total. The molecule has 1 saturated heterocycles. The second kappa shape index (κ2) is 6.10. The monoisotopic (exact) mass is 323 g/mol. The molecule has 1 aromatic rings. The van der Waals surface area contributed by atoms with Crippen molar-refractivity contribution >= 4 is 33.0 Å². The fraction of sp³-hybridized carbons (Fsp3) is 0.667. The van der Waals surface area contributed by atoms with Crippen molar-refractivity contribution < 1.29 is 13.5 Å². The summed E-state index contributed by atoms with van der Waals surface area (Å²) in [5.74, 6) is 0. The highest BCUT2D eigenvalue weighted by Gasteiger charge is 2.34. The summed E-state index contributed by atoms with van der Waals surface area (Å²) in [5.41, 5.74) is 0. The van der Waals surface area contributed by atoms with Crippen molar-refractivity contribution in [2.24, 2.45) is 0 Å². The van der Waals surface area contributed by atoms with E-state index in [2.05, 4.69) is 0 Å². The first-order valence-corrected chi connectivity index (χ1v) is 9.00. The largest absolute Gasteiger partial charge is 0.393 e. The van der Waals surface area contributed by atoms with Gasteiger partial charge in [0.2, 0.25) is 0 Å². The lowest BCUT2D eigenvalue weighted by atomic mass is 10.00. The first-order chi connectivity index (χ1) is 8.91. The summed E-state index contributed by atoms with van der Waals surface area (Å²) in [6.45, 7) is 2.22. The molecule has 0 amide bonds. The molecule has 2 heterocycles. The highest BCUT2D eigenvalue weighted by Crippen LogP contribution is 2.32. The summed E-state index contributed by atoms with van der Waals surface area (Å²) >= 11 is 6.90. The van der Waals surface area contributed by atoms with Crippen molar-refractivity contribution in [2.45, 2.75) is 49.0 Å². The van der Waals surface area contributed by atoms with Crippen molar-refractivity contribution in [3.8, 4) is 0 Å². The molecule has 0 aliphatic carbocycles. The average molecular weight is 324 g/mol. The Hall–Kier alpha value is -0.140. The molecule has 1 aliphatic heterocycles. The van der Waals surface area contributed by atoms with Gasteiger partial charge in [0.25, 0.3) is 10.0 Å². The average Bonchev–Trinajstić information content (AvgIpc) is 2.76. The molecule has 2 atom stereocenters. The molecule has 108 valence electrons. The minimum absolute atomic E-state index is 0.111. The van der Waals surface area contributed by atoms with Gasteiger partial charge in [0.05, 0.1) is 10.4 Å². The van der Waals surface area contributed by atoms with Crippen LogP contribution in [0.25, 0.3) is 0 Å². The predicted octanol–water partition coefficient (Wildman–Crippen LogP) is 2.72. The molecule has 1 aliphatic rings. The lowest BCUT2D eigenvalue weighted by Gasteiger charge is -2.34. The van der Waals surface area contributed by atoms with Crippen molar-refractivity contribution in [3.05, 3.63) is 16.5 Å². The number of aliphatic hydroxyl groups is 1. The van der Waals surface area contributed by atoms with Gasteiger partial charge in [0, 0.05) is 12.6 Å². The van der Waals surface area contributed by atoms with E-state index < -0.39 is 16.1 Å². The Morgan fingerprint density at radius 2 is 2.26 bits per heavy atom. The van der Waals surface area contributed by atoms with Crippen LogP contribution < -0.4 is 0 Å². The van der Waals surface area contributed by atoms with E-state index in [1.54, 1.807) is 19.1 Å². The molecule has 0 bridgehead atoms. The molecule has 2 rings (SSSR count). The van der Waals surface area contributed by atoms with Gasteiger partial charge in [0.1, 0.15) is 4.21 Å². The third kappa shape index (κ3) is 3.49. The molecule has 7 heteroatoms. The SMILES string of the molecule is CC(O)CC1CCCCN1S(=O)(=O)c1ccc(Cl)s1. The summed E-state index contributed by atoms with van der Waals surface area (Å²) in [6.07, 6.45) is 2.68. The smallest absolute Gasteiger partial charge is 0.252 e. The first kappa shape index (κ1) is 15.3. The number of thiophene rings is 1. The number of hydrogen-bond donors (Lipinski definition) is 1. The summed E-state index contributed by atoms with van der Waals surface area (Å²) in [6, 6.07) is 3.04. The Morgan fingerprint density at radius 3 is 2.84 bits per heavy atom. The predicted molar refractivity (Wildman–Crippen MR) is 77.2 cm³/mol. The molecule has 0 spiro atoms. The van der Waals surface area contributed by atoms with E-state index in [9.17, 15) is 13.5 Å². The molecule has 1 fully saturated rings. The van der Waals surface area contributed by atoms with Crippen LogP contribution in [0.15, 0.2) is 16.3 Å². The topological polar surface area (TPSA) is 57.6 Å². The Morgan fingerprint density at radius 1 is 1.53 bits per heavy atom. The Kier molecular flexibility index (Phi) is 4.89. The van der Waals surface area contributed by atoms with Crippen LogP contribution in [-0.4, -0.2) is 36.5 Å². The fourth-order valence-corrected chi connectivity index (χ4v) is 5.79. The van der Waals surface area contributed by atoms with Crippen LogP contribution in [0.2, 0.25) is 4.34 Å².